The zero-order valence-corrected chi connectivity index (χ0v) is 10.2. The van der Waals surface area contributed by atoms with Gasteiger partial charge in [0.05, 0.1) is 6.04 Å². The van der Waals surface area contributed by atoms with Crippen molar-refractivity contribution in [1.82, 2.24) is 0 Å². The van der Waals surface area contributed by atoms with Crippen LogP contribution in [0.1, 0.15) is 16.5 Å². The van der Waals surface area contributed by atoms with Crippen molar-refractivity contribution in [3.05, 3.63) is 57.8 Å². The Balaban J connectivity index is 2.14. The Morgan fingerprint density at radius 3 is 2.78 bits per heavy atom. The summed E-state index contributed by atoms with van der Waals surface area (Å²) in [5.41, 5.74) is 5.80. The van der Waals surface area contributed by atoms with Crippen LogP contribution in [0.4, 0.5) is 8.78 Å². The van der Waals surface area contributed by atoms with E-state index >= 15 is 0 Å². The van der Waals surface area contributed by atoms with Gasteiger partial charge in [-0.15, -0.1) is 11.3 Å². The number of benzene rings is 1. The Hall–Kier alpha value is -1.59. The average molecular weight is 267 g/mol. The molecule has 0 radical (unpaired) electrons. The Morgan fingerprint density at radius 1 is 1.33 bits per heavy atom. The van der Waals surface area contributed by atoms with E-state index in [4.69, 9.17) is 5.73 Å². The third-order valence-electron chi connectivity index (χ3n) is 2.57. The van der Waals surface area contributed by atoms with Gasteiger partial charge in [-0.1, -0.05) is 6.07 Å². The maximum atomic E-state index is 13.4. The van der Waals surface area contributed by atoms with Crippen molar-refractivity contribution < 1.29 is 13.6 Å². The molecule has 0 aliphatic heterocycles. The lowest BCUT2D eigenvalue weighted by Gasteiger charge is -2.09. The maximum Gasteiger partial charge on any atom is 0.159 e. The predicted octanol–water partition coefficient (Wildman–Crippen LogP) is 2.84. The van der Waals surface area contributed by atoms with E-state index in [-0.39, 0.29) is 17.8 Å². The van der Waals surface area contributed by atoms with E-state index in [2.05, 4.69) is 0 Å². The fraction of sp³-hybridized carbons (Fsp3) is 0.154. The number of ketones is 1. The molecular weight excluding hydrogens is 256 g/mol. The molecule has 2 nitrogen and oxygen atoms in total. The molecule has 1 atom stereocenters. The van der Waals surface area contributed by atoms with Crippen molar-refractivity contribution >= 4 is 17.1 Å². The first-order valence-corrected chi connectivity index (χ1v) is 6.21. The van der Waals surface area contributed by atoms with Crippen molar-refractivity contribution in [2.45, 2.75) is 12.5 Å². The molecule has 2 rings (SSSR count). The van der Waals surface area contributed by atoms with Crippen LogP contribution in [0.5, 0.6) is 0 Å². The van der Waals surface area contributed by atoms with Gasteiger partial charge in [-0.3, -0.25) is 4.79 Å². The summed E-state index contributed by atoms with van der Waals surface area (Å²) in [5, 5.41) is 1.81. The molecule has 2 aromatic rings. The minimum Gasteiger partial charge on any atom is -0.317 e. The van der Waals surface area contributed by atoms with Crippen LogP contribution in [0.15, 0.2) is 35.7 Å². The minimum absolute atomic E-state index is 0.0343. The van der Waals surface area contributed by atoms with Gasteiger partial charge in [-0.05, 0) is 35.2 Å². The van der Waals surface area contributed by atoms with E-state index in [0.29, 0.717) is 0 Å². The molecule has 0 aliphatic rings. The molecule has 0 saturated carbocycles. The highest BCUT2D eigenvalue weighted by Gasteiger charge is 2.18. The zero-order chi connectivity index (χ0) is 13.1. The van der Waals surface area contributed by atoms with E-state index in [1.165, 1.54) is 11.3 Å². The summed E-state index contributed by atoms with van der Waals surface area (Å²) in [5.74, 6) is -1.49. The van der Waals surface area contributed by atoms with Crippen LogP contribution in [0, 0.1) is 11.6 Å². The second-order valence-electron chi connectivity index (χ2n) is 3.87. The van der Waals surface area contributed by atoms with Crippen molar-refractivity contribution in [2.24, 2.45) is 5.73 Å². The van der Waals surface area contributed by atoms with Crippen LogP contribution >= 0.6 is 11.3 Å². The molecule has 94 valence electrons. The van der Waals surface area contributed by atoms with E-state index in [1.807, 2.05) is 5.38 Å². The summed E-state index contributed by atoms with van der Waals surface area (Å²) in [4.78, 5) is 12.6. The molecule has 0 spiro atoms. The monoisotopic (exact) mass is 267 g/mol. The van der Waals surface area contributed by atoms with Crippen LogP contribution < -0.4 is 5.73 Å². The number of nitrogens with two attached hydrogens (primary N) is 1. The molecule has 5 heteroatoms. The fourth-order valence-electron chi connectivity index (χ4n) is 1.60. The van der Waals surface area contributed by atoms with Crippen LogP contribution in [0.2, 0.25) is 0 Å². The fourth-order valence-corrected chi connectivity index (χ4v) is 2.35. The van der Waals surface area contributed by atoms with Crippen LogP contribution in [-0.4, -0.2) is 5.78 Å². The highest BCUT2D eigenvalue weighted by atomic mass is 32.1. The first-order chi connectivity index (χ1) is 8.58. The van der Waals surface area contributed by atoms with Crippen LogP contribution in [0.25, 0.3) is 0 Å². The molecule has 1 aromatic carbocycles. The number of Topliss-reactive ketones (excluding diaryl/α,β-unsaturated/α-hetero) is 1. The Bertz CT molecular complexity index is 554. The molecule has 0 amide bonds. The quantitative estimate of drug-likeness (QED) is 0.925. The highest BCUT2D eigenvalue weighted by molar-refractivity contribution is 7.10. The average Bonchev–Trinajstić information content (AvgIpc) is 2.86. The molecule has 0 bridgehead atoms. The normalized spacial score (nSPS) is 12.4. The van der Waals surface area contributed by atoms with E-state index in [1.54, 1.807) is 12.1 Å². The summed E-state index contributed by atoms with van der Waals surface area (Å²) in [6.45, 7) is 0. The standard InChI is InChI=1S/C13H11F2NOS/c14-9-3-4-10(15)8(6-9)7-11(17)13(16)12-2-1-5-18-12/h1-6,13H,7,16H2. The molecule has 1 unspecified atom stereocenters. The summed E-state index contributed by atoms with van der Waals surface area (Å²) >= 11 is 1.36. The number of carbonyl (C=O) groups excluding carboxylic acids is 1. The number of rotatable bonds is 4. The number of hydrogen-bond acceptors (Lipinski definition) is 3. The third-order valence-corrected chi connectivity index (χ3v) is 3.52. The minimum atomic E-state index is -0.785. The Morgan fingerprint density at radius 2 is 2.11 bits per heavy atom. The molecule has 0 fully saturated rings. The molecule has 1 heterocycles. The first kappa shape index (κ1) is 12.9. The number of carbonyl (C=O) groups is 1. The van der Waals surface area contributed by atoms with Gasteiger partial charge in [-0.2, -0.15) is 0 Å². The van der Waals surface area contributed by atoms with E-state index < -0.39 is 17.7 Å². The lowest BCUT2D eigenvalue weighted by molar-refractivity contribution is -0.119. The summed E-state index contributed by atoms with van der Waals surface area (Å²) in [7, 11) is 0. The summed E-state index contributed by atoms with van der Waals surface area (Å²) in [6.07, 6.45) is -0.206. The first-order valence-electron chi connectivity index (χ1n) is 5.33. The summed E-state index contributed by atoms with van der Waals surface area (Å²) in [6, 6.07) is 5.80. The van der Waals surface area contributed by atoms with Gasteiger partial charge < -0.3 is 5.73 Å². The molecule has 0 saturated heterocycles. The summed E-state index contributed by atoms with van der Waals surface area (Å²) < 4.78 is 26.3. The second-order valence-corrected chi connectivity index (χ2v) is 4.85. The van der Waals surface area contributed by atoms with Gasteiger partial charge in [-0.25, -0.2) is 8.78 Å². The topological polar surface area (TPSA) is 43.1 Å². The molecule has 0 aliphatic carbocycles. The highest BCUT2D eigenvalue weighted by Crippen LogP contribution is 2.20. The largest absolute Gasteiger partial charge is 0.317 e. The molecule has 18 heavy (non-hydrogen) atoms. The third kappa shape index (κ3) is 2.80. The van der Waals surface area contributed by atoms with Gasteiger partial charge in [0.15, 0.2) is 5.78 Å². The van der Waals surface area contributed by atoms with E-state index in [0.717, 1.165) is 23.1 Å². The predicted molar refractivity (Wildman–Crippen MR) is 66.3 cm³/mol. The van der Waals surface area contributed by atoms with Crippen LogP contribution in [-0.2, 0) is 11.2 Å². The second kappa shape index (κ2) is 5.37. The maximum absolute atomic E-state index is 13.4. The zero-order valence-electron chi connectivity index (χ0n) is 9.40. The smallest absolute Gasteiger partial charge is 0.159 e. The van der Waals surface area contributed by atoms with Gasteiger partial charge in [0.2, 0.25) is 0 Å². The molecule has 1 aromatic heterocycles. The number of halogens is 2. The molecular formula is C13H11F2NOS. The lowest BCUT2D eigenvalue weighted by atomic mass is 10.0. The van der Waals surface area contributed by atoms with Crippen molar-refractivity contribution in [3.63, 3.8) is 0 Å². The Kier molecular flexibility index (Phi) is 3.84. The van der Waals surface area contributed by atoms with Gasteiger partial charge >= 0.3 is 0 Å². The SMILES string of the molecule is NC(C(=O)Cc1cc(F)ccc1F)c1cccs1. The number of thiophene rings is 1. The van der Waals surface area contributed by atoms with Crippen molar-refractivity contribution in [2.75, 3.05) is 0 Å². The Labute approximate surface area is 107 Å². The van der Waals surface area contributed by atoms with Crippen molar-refractivity contribution in [3.8, 4) is 0 Å². The van der Waals surface area contributed by atoms with Crippen LogP contribution in [0.3, 0.4) is 0 Å². The molecule has 2 N–H and O–H groups in total. The lowest BCUT2D eigenvalue weighted by Crippen LogP contribution is -2.22. The van der Waals surface area contributed by atoms with E-state index in [9.17, 15) is 13.6 Å². The van der Waals surface area contributed by atoms with Gasteiger partial charge in [0.25, 0.3) is 0 Å². The number of hydrogen-bond donors (Lipinski definition) is 1. The van der Waals surface area contributed by atoms with Gasteiger partial charge in [0.1, 0.15) is 11.6 Å². The van der Waals surface area contributed by atoms with Gasteiger partial charge in [0, 0.05) is 11.3 Å². The van der Waals surface area contributed by atoms with Crippen molar-refractivity contribution in [1.29, 1.82) is 0 Å².